The van der Waals surface area contributed by atoms with Gasteiger partial charge in [-0.05, 0) is 44.9 Å². The van der Waals surface area contributed by atoms with Crippen molar-refractivity contribution in [3.8, 4) is 22.1 Å². The molecule has 2 atom stereocenters. The molecule has 4 nitrogen and oxygen atoms in total. The summed E-state index contributed by atoms with van der Waals surface area (Å²) in [6.07, 6.45) is 3.94. The van der Waals surface area contributed by atoms with E-state index in [-0.39, 0.29) is 0 Å². The van der Waals surface area contributed by atoms with Crippen LogP contribution in [0.2, 0.25) is 0 Å². The molecule has 0 spiro atoms. The molecular weight excluding hydrogens is 308 g/mol. The Kier molecular flexibility index (Phi) is 3.99. The van der Waals surface area contributed by atoms with Crippen LogP contribution in [0.4, 0.5) is 0 Å². The van der Waals surface area contributed by atoms with E-state index in [4.69, 9.17) is 14.5 Å². The van der Waals surface area contributed by atoms with Gasteiger partial charge in [0, 0.05) is 29.6 Å². The van der Waals surface area contributed by atoms with Gasteiger partial charge in [0.05, 0.1) is 5.69 Å². The lowest BCUT2D eigenvalue weighted by Crippen LogP contribution is -2.43. The average Bonchev–Trinajstić information content (AvgIpc) is 3.19. The van der Waals surface area contributed by atoms with Gasteiger partial charge in [-0.15, -0.1) is 11.3 Å². The molecule has 1 aromatic heterocycles. The van der Waals surface area contributed by atoms with Crippen LogP contribution >= 0.6 is 11.3 Å². The van der Waals surface area contributed by atoms with Crippen LogP contribution in [0.25, 0.3) is 10.6 Å². The Hall–Kier alpha value is -1.59. The number of benzene rings is 1. The molecule has 0 aliphatic carbocycles. The fourth-order valence-electron chi connectivity index (χ4n) is 3.52. The largest absolute Gasteiger partial charge is 0.454 e. The summed E-state index contributed by atoms with van der Waals surface area (Å²) < 4.78 is 10.8. The zero-order chi connectivity index (χ0) is 15.8. The molecule has 2 aliphatic heterocycles. The molecule has 3 heterocycles. The highest BCUT2D eigenvalue weighted by molar-refractivity contribution is 7.13. The van der Waals surface area contributed by atoms with Crippen molar-refractivity contribution in [2.45, 2.75) is 51.7 Å². The molecule has 1 fully saturated rings. The third-order valence-corrected chi connectivity index (χ3v) is 5.83. The lowest BCUT2D eigenvalue weighted by Gasteiger charge is -2.38. The SMILES string of the molecule is C[C@@H]1CCC[C@H](C)N1Cc1csc(-c2ccc3c(c2)OCO3)n1. The van der Waals surface area contributed by atoms with Gasteiger partial charge < -0.3 is 9.47 Å². The Morgan fingerprint density at radius 1 is 1.17 bits per heavy atom. The van der Waals surface area contributed by atoms with E-state index < -0.39 is 0 Å². The van der Waals surface area contributed by atoms with Crippen molar-refractivity contribution in [2.75, 3.05) is 6.79 Å². The van der Waals surface area contributed by atoms with E-state index in [1.54, 1.807) is 11.3 Å². The molecule has 1 aromatic carbocycles. The first-order valence-electron chi connectivity index (χ1n) is 8.31. The van der Waals surface area contributed by atoms with Crippen molar-refractivity contribution in [1.82, 2.24) is 9.88 Å². The lowest BCUT2D eigenvalue weighted by atomic mass is 9.97. The van der Waals surface area contributed by atoms with Gasteiger partial charge >= 0.3 is 0 Å². The van der Waals surface area contributed by atoms with E-state index in [9.17, 15) is 0 Å². The van der Waals surface area contributed by atoms with Gasteiger partial charge in [0.15, 0.2) is 11.5 Å². The quantitative estimate of drug-likeness (QED) is 0.840. The zero-order valence-corrected chi connectivity index (χ0v) is 14.4. The summed E-state index contributed by atoms with van der Waals surface area (Å²) >= 11 is 1.70. The predicted molar refractivity (Wildman–Crippen MR) is 92.0 cm³/mol. The summed E-state index contributed by atoms with van der Waals surface area (Å²) in [6, 6.07) is 7.34. The third-order valence-electron chi connectivity index (χ3n) is 4.89. The van der Waals surface area contributed by atoms with Crippen LogP contribution in [-0.4, -0.2) is 28.8 Å². The molecule has 0 radical (unpaired) electrons. The normalized spacial score (nSPS) is 24.1. The first-order chi connectivity index (χ1) is 11.2. The van der Waals surface area contributed by atoms with Crippen molar-refractivity contribution in [2.24, 2.45) is 0 Å². The van der Waals surface area contributed by atoms with Crippen molar-refractivity contribution in [3.63, 3.8) is 0 Å². The molecule has 0 N–H and O–H groups in total. The van der Waals surface area contributed by atoms with E-state index in [0.717, 1.165) is 28.6 Å². The number of rotatable bonds is 3. The maximum Gasteiger partial charge on any atom is 0.231 e. The standard InChI is InChI=1S/C18H22N2O2S/c1-12-4-3-5-13(2)20(12)9-15-10-23-18(19-15)14-6-7-16-17(8-14)22-11-21-16/h6-8,10,12-13H,3-5,9,11H2,1-2H3/t12-,13+. The van der Waals surface area contributed by atoms with Crippen LogP contribution < -0.4 is 9.47 Å². The summed E-state index contributed by atoms with van der Waals surface area (Å²) in [6.45, 7) is 5.93. The minimum atomic E-state index is 0.312. The van der Waals surface area contributed by atoms with Crippen molar-refractivity contribution in [3.05, 3.63) is 29.3 Å². The highest BCUT2D eigenvalue weighted by atomic mass is 32.1. The lowest BCUT2D eigenvalue weighted by molar-refractivity contribution is 0.0941. The van der Waals surface area contributed by atoms with Crippen LogP contribution in [0.5, 0.6) is 11.5 Å². The number of hydrogen-bond acceptors (Lipinski definition) is 5. The first kappa shape index (κ1) is 15.0. The number of nitrogens with zero attached hydrogens (tertiary/aromatic N) is 2. The number of hydrogen-bond donors (Lipinski definition) is 0. The van der Waals surface area contributed by atoms with Gasteiger partial charge in [-0.1, -0.05) is 6.42 Å². The maximum absolute atomic E-state index is 5.46. The van der Waals surface area contributed by atoms with Gasteiger partial charge in [0.2, 0.25) is 6.79 Å². The summed E-state index contributed by atoms with van der Waals surface area (Å²) in [7, 11) is 0. The molecule has 5 heteroatoms. The Bertz CT molecular complexity index is 690. The van der Waals surface area contributed by atoms with Gasteiger partial charge in [0.1, 0.15) is 5.01 Å². The van der Waals surface area contributed by atoms with Gasteiger partial charge in [-0.3, -0.25) is 4.90 Å². The van der Waals surface area contributed by atoms with Gasteiger partial charge in [-0.2, -0.15) is 0 Å². The van der Waals surface area contributed by atoms with Crippen LogP contribution in [-0.2, 0) is 6.54 Å². The Morgan fingerprint density at radius 3 is 2.78 bits per heavy atom. The third kappa shape index (κ3) is 2.95. The van der Waals surface area contributed by atoms with Crippen molar-refractivity contribution >= 4 is 11.3 Å². The molecule has 0 amide bonds. The second-order valence-electron chi connectivity index (χ2n) is 6.51. The second kappa shape index (κ2) is 6.13. The maximum atomic E-state index is 5.46. The first-order valence-corrected chi connectivity index (χ1v) is 9.19. The predicted octanol–water partition coefficient (Wildman–Crippen LogP) is 4.30. The minimum Gasteiger partial charge on any atom is -0.454 e. The number of aromatic nitrogens is 1. The van der Waals surface area contributed by atoms with E-state index in [1.165, 1.54) is 25.0 Å². The number of ether oxygens (including phenoxy) is 2. The highest BCUT2D eigenvalue weighted by Crippen LogP contribution is 2.37. The molecule has 0 saturated carbocycles. The Labute approximate surface area is 141 Å². The van der Waals surface area contributed by atoms with Gasteiger partial charge in [0.25, 0.3) is 0 Å². The van der Waals surface area contributed by atoms with E-state index >= 15 is 0 Å². The van der Waals surface area contributed by atoms with Crippen molar-refractivity contribution < 1.29 is 9.47 Å². The van der Waals surface area contributed by atoms with E-state index in [2.05, 4.69) is 30.2 Å². The fraction of sp³-hybridized carbons (Fsp3) is 0.500. The molecule has 2 aromatic rings. The molecule has 1 saturated heterocycles. The van der Waals surface area contributed by atoms with Crippen molar-refractivity contribution in [1.29, 1.82) is 0 Å². The molecule has 23 heavy (non-hydrogen) atoms. The molecule has 0 bridgehead atoms. The number of thiazole rings is 1. The molecule has 0 unspecified atom stereocenters. The Morgan fingerprint density at radius 2 is 1.96 bits per heavy atom. The number of piperidine rings is 1. The molecular formula is C18H22N2O2S. The number of fused-ring (bicyclic) bond motifs is 1. The average molecular weight is 330 g/mol. The summed E-state index contributed by atoms with van der Waals surface area (Å²) in [5.74, 6) is 1.64. The van der Waals surface area contributed by atoms with E-state index in [1.807, 2.05) is 12.1 Å². The van der Waals surface area contributed by atoms with Crippen LogP contribution in [0.15, 0.2) is 23.6 Å². The summed E-state index contributed by atoms with van der Waals surface area (Å²) in [4.78, 5) is 7.43. The molecule has 2 aliphatic rings. The van der Waals surface area contributed by atoms with E-state index in [0.29, 0.717) is 18.9 Å². The summed E-state index contributed by atoms with van der Waals surface area (Å²) in [5, 5.41) is 3.24. The van der Waals surface area contributed by atoms with Crippen LogP contribution in [0, 0.1) is 0 Å². The molecule has 122 valence electrons. The Balaban J connectivity index is 1.52. The number of likely N-dealkylation sites (tertiary alicyclic amines) is 1. The van der Waals surface area contributed by atoms with Gasteiger partial charge in [-0.25, -0.2) is 4.98 Å². The highest BCUT2D eigenvalue weighted by Gasteiger charge is 2.25. The molecule has 4 rings (SSSR count). The fourth-order valence-corrected chi connectivity index (χ4v) is 4.32. The smallest absolute Gasteiger partial charge is 0.231 e. The second-order valence-corrected chi connectivity index (χ2v) is 7.37. The monoisotopic (exact) mass is 330 g/mol. The van der Waals surface area contributed by atoms with Crippen LogP contribution in [0.1, 0.15) is 38.8 Å². The minimum absolute atomic E-state index is 0.312. The topological polar surface area (TPSA) is 34.6 Å². The zero-order valence-electron chi connectivity index (χ0n) is 13.6. The van der Waals surface area contributed by atoms with Crippen LogP contribution in [0.3, 0.4) is 0 Å². The summed E-state index contributed by atoms with van der Waals surface area (Å²) in [5.41, 5.74) is 2.27.